The van der Waals surface area contributed by atoms with Crippen molar-refractivity contribution in [2.75, 3.05) is 18.2 Å². The summed E-state index contributed by atoms with van der Waals surface area (Å²) >= 11 is 2.91. The Labute approximate surface area is 195 Å². The second-order valence-electron chi connectivity index (χ2n) is 7.10. The third kappa shape index (κ3) is 5.15. The van der Waals surface area contributed by atoms with Gasteiger partial charge in [0.15, 0.2) is 0 Å². The third-order valence-corrected chi connectivity index (χ3v) is 6.79. The van der Waals surface area contributed by atoms with Crippen LogP contribution in [0.5, 0.6) is 5.75 Å². The molecule has 0 radical (unpaired) electrons. The summed E-state index contributed by atoms with van der Waals surface area (Å²) in [5.74, 6) is 0.972. The van der Waals surface area contributed by atoms with Crippen LogP contribution in [0.25, 0.3) is 21.1 Å². The molecule has 0 bridgehead atoms. The molecular formula is C24H22N4O2S2. The van der Waals surface area contributed by atoms with Crippen molar-refractivity contribution in [3.05, 3.63) is 71.9 Å². The molecule has 2 heterocycles. The van der Waals surface area contributed by atoms with Gasteiger partial charge in [-0.05, 0) is 55.8 Å². The first-order chi connectivity index (χ1) is 15.5. The summed E-state index contributed by atoms with van der Waals surface area (Å²) in [6.45, 7) is 3.95. The highest BCUT2D eigenvalue weighted by molar-refractivity contribution is 7.99. The molecule has 0 saturated heterocycles. The lowest BCUT2D eigenvalue weighted by Crippen LogP contribution is -2.14. The maximum atomic E-state index is 12.2. The molecule has 162 valence electrons. The van der Waals surface area contributed by atoms with Crippen molar-refractivity contribution in [3.8, 4) is 26.9 Å². The van der Waals surface area contributed by atoms with Crippen LogP contribution in [0.4, 0.5) is 5.69 Å². The van der Waals surface area contributed by atoms with Gasteiger partial charge < -0.3 is 10.1 Å². The third-order valence-electron chi connectivity index (χ3n) is 4.66. The molecule has 0 spiro atoms. The first-order valence-electron chi connectivity index (χ1n) is 9.97. The molecule has 0 unspecified atom stereocenters. The Morgan fingerprint density at radius 2 is 1.91 bits per heavy atom. The molecule has 4 aromatic rings. The van der Waals surface area contributed by atoms with Gasteiger partial charge in [-0.3, -0.25) is 4.79 Å². The monoisotopic (exact) mass is 462 g/mol. The fraction of sp³-hybridized carbons (Fsp3) is 0.167. The molecular weight excluding hydrogens is 440 g/mol. The molecule has 6 nitrogen and oxygen atoms in total. The molecule has 4 rings (SSSR count). The average Bonchev–Trinajstić information content (AvgIpc) is 3.19. The molecule has 1 amide bonds. The zero-order chi connectivity index (χ0) is 22.5. The quantitative estimate of drug-likeness (QED) is 0.359. The lowest BCUT2D eigenvalue weighted by Gasteiger charge is -2.05. The Balaban J connectivity index is 1.43. The van der Waals surface area contributed by atoms with Gasteiger partial charge in [0.2, 0.25) is 5.91 Å². The van der Waals surface area contributed by atoms with Crippen LogP contribution in [0.2, 0.25) is 0 Å². The minimum Gasteiger partial charge on any atom is -0.496 e. The highest BCUT2D eigenvalue weighted by Gasteiger charge is 2.16. The van der Waals surface area contributed by atoms with Gasteiger partial charge in [0.25, 0.3) is 0 Å². The van der Waals surface area contributed by atoms with Gasteiger partial charge in [-0.15, -0.1) is 21.5 Å². The minimum absolute atomic E-state index is 0.0776. The number of aromatic nitrogens is 3. The lowest BCUT2D eigenvalue weighted by atomic mass is 10.2. The molecule has 0 aliphatic carbocycles. The van der Waals surface area contributed by atoms with E-state index in [4.69, 9.17) is 9.72 Å². The smallest absolute Gasteiger partial charge is 0.234 e. The van der Waals surface area contributed by atoms with E-state index in [-0.39, 0.29) is 11.7 Å². The first-order valence-corrected chi connectivity index (χ1v) is 11.8. The number of carbonyl (C=O) groups excluding carboxylic acids is 1. The van der Waals surface area contributed by atoms with Crippen LogP contribution < -0.4 is 10.1 Å². The van der Waals surface area contributed by atoms with Gasteiger partial charge >= 0.3 is 0 Å². The van der Waals surface area contributed by atoms with E-state index in [2.05, 4.69) is 15.5 Å². The fourth-order valence-electron chi connectivity index (χ4n) is 3.15. The second-order valence-corrected chi connectivity index (χ2v) is 9.09. The van der Waals surface area contributed by atoms with Gasteiger partial charge in [-0.1, -0.05) is 36.0 Å². The summed E-state index contributed by atoms with van der Waals surface area (Å²) in [4.78, 5) is 17.9. The van der Waals surface area contributed by atoms with E-state index in [0.717, 1.165) is 43.8 Å². The van der Waals surface area contributed by atoms with Gasteiger partial charge in [-0.25, -0.2) is 4.98 Å². The van der Waals surface area contributed by atoms with Gasteiger partial charge in [0.05, 0.1) is 29.0 Å². The summed E-state index contributed by atoms with van der Waals surface area (Å²) in [5, 5.41) is 13.1. The van der Waals surface area contributed by atoms with Crippen molar-refractivity contribution in [1.29, 1.82) is 0 Å². The van der Waals surface area contributed by atoms with E-state index in [1.165, 1.54) is 11.8 Å². The number of thioether (sulfide) groups is 1. The normalized spacial score (nSPS) is 10.7. The zero-order valence-electron chi connectivity index (χ0n) is 18.0. The Kier molecular flexibility index (Phi) is 6.82. The van der Waals surface area contributed by atoms with Crippen molar-refractivity contribution < 1.29 is 9.53 Å². The Bertz CT molecular complexity index is 1240. The highest BCUT2D eigenvalue weighted by atomic mass is 32.2. The Morgan fingerprint density at radius 3 is 2.66 bits per heavy atom. The van der Waals surface area contributed by atoms with Crippen molar-refractivity contribution in [3.63, 3.8) is 0 Å². The van der Waals surface area contributed by atoms with Crippen molar-refractivity contribution in [1.82, 2.24) is 15.2 Å². The molecule has 0 aliphatic rings. The molecule has 2 aromatic heterocycles. The molecule has 0 aliphatic heterocycles. The Hall–Kier alpha value is -3.23. The number of hydrogen-bond donors (Lipinski definition) is 1. The summed E-state index contributed by atoms with van der Waals surface area (Å²) < 4.78 is 5.46. The van der Waals surface area contributed by atoms with E-state index in [1.54, 1.807) is 18.4 Å². The van der Waals surface area contributed by atoms with E-state index in [0.29, 0.717) is 5.03 Å². The van der Waals surface area contributed by atoms with Crippen molar-refractivity contribution in [2.24, 2.45) is 0 Å². The van der Waals surface area contributed by atoms with Crippen molar-refractivity contribution >= 4 is 34.7 Å². The van der Waals surface area contributed by atoms with Gasteiger partial charge in [-0.2, -0.15) is 0 Å². The highest BCUT2D eigenvalue weighted by Crippen LogP contribution is 2.38. The van der Waals surface area contributed by atoms with E-state index >= 15 is 0 Å². The fourth-order valence-corrected chi connectivity index (χ4v) is 4.82. The number of benzene rings is 2. The average molecular weight is 463 g/mol. The van der Waals surface area contributed by atoms with Gasteiger partial charge in [0.1, 0.15) is 21.5 Å². The molecule has 0 fully saturated rings. The van der Waals surface area contributed by atoms with Crippen LogP contribution in [-0.4, -0.2) is 34.0 Å². The number of nitrogens with one attached hydrogen (secondary N) is 1. The second kappa shape index (κ2) is 9.93. The van der Waals surface area contributed by atoms with E-state index in [1.807, 2.05) is 74.5 Å². The number of nitrogens with zero attached hydrogens (tertiary/aromatic N) is 3. The minimum atomic E-state index is -0.0776. The lowest BCUT2D eigenvalue weighted by molar-refractivity contribution is -0.113. The van der Waals surface area contributed by atoms with Crippen LogP contribution in [0.15, 0.2) is 65.7 Å². The maximum absolute atomic E-state index is 12.2. The number of rotatable bonds is 7. The van der Waals surface area contributed by atoms with Crippen LogP contribution in [0, 0.1) is 13.8 Å². The summed E-state index contributed by atoms with van der Waals surface area (Å²) in [7, 11) is 1.66. The number of carbonyl (C=O) groups is 1. The molecule has 0 saturated carbocycles. The van der Waals surface area contributed by atoms with E-state index < -0.39 is 0 Å². The van der Waals surface area contributed by atoms with E-state index in [9.17, 15) is 4.79 Å². The summed E-state index contributed by atoms with van der Waals surface area (Å²) in [6.07, 6.45) is 0. The number of anilines is 1. The number of methoxy groups -OCH3 is 1. The molecule has 0 atom stereocenters. The molecule has 32 heavy (non-hydrogen) atoms. The summed E-state index contributed by atoms with van der Waals surface area (Å²) in [6, 6.07) is 19.3. The van der Waals surface area contributed by atoms with Crippen LogP contribution in [0.1, 0.15) is 11.3 Å². The number of ether oxygens (including phenoxy) is 1. The van der Waals surface area contributed by atoms with Crippen molar-refractivity contribution in [2.45, 2.75) is 18.9 Å². The Morgan fingerprint density at radius 1 is 1.06 bits per heavy atom. The topological polar surface area (TPSA) is 77.0 Å². The van der Waals surface area contributed by atoms with Crippen LogP contribution in [-0.2, 0) is 4.79 Å². The predicted molar refractivity (Wildman–Crippen MR) is 130 cm³/mol. The molecule has 2 aromatic carbocycles. The summed E-state index contributed by atoms with van der Waals surface area (Å²) in [5.41, 5.74) is 4.50. The number of para-hydroxylation sites is 1. The SMILES string of the molecule is COc1ccccc1-c1nc(C)c(-c2ccc(SCC(=O)Nc3cccc(C)c3)nn2)s1. The maximum Gasteiger partial charge on any atom is 0.234 e. The number of aryl methyl sites for hydroxylation is 2. The number of hydrogen-bond acceptors (Lipinski definition) is 7. The largest absolute Gasteiger partial charge is 0.496 e. The number of amides is 1. The van der Waals surface area contributed by atoms with Crippen LogP contribution >= 0.6 is 23.1 Å². The zero-order valence-corrected chi connectivity index (χ0v) is 19.6. The standard InChI is InChI=1S/C24H22N4O2S2/c1-15-7-6-8-17(13-15)26-21(29)14-31-22-12-11-19(27-28-22)23-16(2)25-24(32-23)18-9-4-5-10-20(18)30-3/h4-13H,14H2,1-3H3,(H,26,29). The number of thiazole rings is 1. The van der Waals surface area contributed by atoms with Crippen LogP contribution in [0.3, 0.4) is 0 Å². The molecule has 1 N–H and O–H groups in total. The molecule has 8 heteroatoms. The predicted octanol–water partition coefficient (Wildman–Crippen LogP) is 5.62. The van der Waals surface area contributed by atoms with Gasteiger partial charge in [0, 0.05) is 5.69 Å². The first kappa shape index (κ1) is 22.0.